The van der Waals surface area contributed by atoms with E-state index in [1.54, 1.807) is 13.8 Å². The van der Waals surface area contributed by atoms with Crippen molar-refractivity contribution in [1.29, 1.82) is 0 Å². The van der Waals surface area contributed by atoms with Crippen molar-refractivity contribution in [2.75, 3.05) is 16.3 Å². The van der Waals surface area contributed by atoms with Crippen LogP contribution in [-0.4, -0.2) is 36.8 Å². The number of rotatable bonds is 5. The lowest BCUT2D eigenvalue weighted by molar-refractivity contribution is -0.119. The number of sulfonamides is 1. The van der Waals surface area contributed by atoms with Crippen LogP contribution in [0.1, 0.15) is 13.8 Å². The van der Waals surface area contributed by atoms with E-state index in [9.17, 15) is 13.2 Å². The molecule has 2 atom stereocenters. The van der Waals surface area contributed by atoms with Gasteiger partial charge in [-0.15, -0.1) is 10.2 Å². The van der Waals surface area contributed by atoms with Crippen LogP contribution in [0.5, 0.6) is 0 Å². The third-order valence-corrected chi connectivity index (χ3v) is 3.58. The van der Waals surface area contributed by atoms with Crippen molar-refractivity contribution >= 4 is 37.5 Å². The molecule has 8 nitrogen and oxygen atoms in total. The second-order valence-corrected chi connectivity index (χ2v) is 6.65. The summed E-state index contributed by atoms with van der Waals surface area (Å²) >= 11 is 0.932. The van der Waals surface area contributed by atoms with Crippen molar-refractivity contribution in [3.8, 4) is 0 Å². The van der Waals surface area contributed by atoms with E-state index in [1.807, 2.05) is 0 Å². The highest BCUT2D eigenvalue weighted by molar-refractivity contribution is 7.92. The lowest BCUT2D eigenvalue weighted by atomic mass is 10.0. The Labute approximate surface area is 109 Å². The van der Waals surface area contributed by atoms with E-state index >= 15 is 0 Å². The third kappa shape index (κ3) is 4.55. The average molecular weight is 293 g/mol. The normalized spacial score (nSPS) is 14.9. The summed E-state index contributed by atoms with van der Waals surface area (Å²) in [4.78, 5) is 11.7. The number of carbonyl (C=O) groups is 1. The van der Waals surface area contributed by atoms with Gasteiger partial charge in [-0.3, -0.25) is 9.52 Å². The van der Waals surface area contributed by atoms with E-state index < -0.39 is 10.0 Å². The first kappa shape index (κ1) is 14.8. The first-order valence-electron chi connectivity index (χ1n) is 5.07. The zero-order chi connectivity index (χ0) is 13.9. The Morgan fingerprint density at radius 2 is 1.89 bits per heavy atom. The Balaban J connectivity index is 2.67. The first-order valence-corrected chi connectivity index (χ1v) is 7.77. The summed E-state index contributed by atoms with van der Waals surface area (Å²) in [7, 11) is -3.40. The summed E-state index contributed by atoms with van der Waals surface area (Å²) in [5, 5.41) is 10.1. The molecule has 10 heteroatoms. The van der Waals surface area contributed by atoms with Crippen molar-refractivity contribution in [2.24, 2.45) is 11.7 Å². The predicted octanol–water partition coefficient (Wildman–Crippen LogP) is -0.169. The molecule has 1 rings (SSSR count). The Morgan fingerprint density at radius 3 is 2.39 bits per heavy atom. The molecule has 0 radical (unpaired) electrons. The number of carbonyl (C=O) groups excluding carboxylic acids is 1. The molecule has 1 aromatic heterocycles. The van der Waals surface area contributed by atoms with Gasteiger partial charge in [-0.2, -0.15) is 0 Å². The Hall–Kier alpha value is -1.26. The van der Waals surface area contributed by atoms with Gasteiger partial charge in [-0.25, -0.2) is 8.42 Å². The topological polar surface area (TPSA) is 127 Å². The van der Waals surface area contributed by atoms with Gasteiger partial charge in [0.25, 0.3) is 0 Å². The van der Waals surface area contributed by atoms with E-state index in [0.29, 0.717) is 0 Å². The molecule has 0 aliphatic heterocycles. The number of aromatic nitrogens is 2. The molecule has 0 aromatic carbocycles. The predicted molar refractivity (Wildman–Crippen MR) is 69.8 cm³/mol. The van der Waals surface area contributed by atoms with Gasteiger partial charge in [0.15, 0.2) is 0 Å². The molecular weight excluding hydrogens is 278 g/mol. The van der Waals surface area contributed by atoms with Crippen molar-refractivity contribution in [3.63, 3.8) is 0 Å². The second-order valence-electron chi connectivity index (χ2n) is 3.92. The average Bonchev–Trinajstić information content (AvgIpc) is 2.61. The summed E-state index contributed by atoms with van der Waals surface area (Å²) in [6, 6.07) is -0.286. The fourth-order valence-electron chi connectivity index (χ4n) is 0.932. The summed E-state index contributed by atoms with van der Waals surface area (Å²) in [6.45, 7) is 3.41. The highest BCUT2D eigenvalue weighted by Crippen LogP contribution is 2.21. The van der Waals surface area contributed by atoms with Crippen LogP contribution in [0.4, 0.5) is 10.3 Å². The molecule has 1 heterocycles. The molecule has 2 unspecified atom stereocenters. The lowest BCUT2D eigenvalue weighted by Crippen LogP contribution is -2.34. The highest BCUT2D eigenvalue weighted by Gasteiger charge is 2.19. The van der Waals surface area contributed by atoms with Crippen LogP contribution >= 0.6 is 11.3 Å². The number of nitrogens with zero attached hydrogens (tertiary/aromatic N) is 2. The number of hydrogen-bond donors (Lipinski definition) is 3. The highest BCUT2D eigenvalue weighted by atomic mass is 32.2. The van der Waals surface area contributed by atoms with Crippen LogP contribution in [0, 0.1) is 5.92 Å². The van der Waals surface area contributed by atoms with Gasteiger partial charge >= 0.3 is 0 Å². The van der Waals surface area contributed by atoms with Gasteiger partial charge in [0.05, 0.1) is 12.2 Å². The number of anilines is 2. The molecule has 0 spiro atoms. The third-order valence-electron chi connectivity index (χ3n) is 2.13. The van der Waals surface area contributed by atoms with Gasteiger partial charge in [0.1, 0.15) is 0 Å². The van der Waals surface area contributed by atoms with Gasteiger partial charge in [0.2, 0.25) is 26.2 Å². The summed E-state index contributed by atoms with van der Waals surface area (Å²) in [5.41, 5.74) is 5.59. The number of hydrogen-bond acceptors (Lipinski definition) is 7. The molecule has 1 aromatic rings. The monoisotopic (exact) mass is 293 g/mol. The van der Waals surface area contributed by atoms with E-state index in [4.69, 9.17) is 5.73 Å². The lowest BCUT2D eigenvalue weighted by Gasteiger charge is -2.13. The van der Waals surface area contributed by atoms with Crippen molar-refractivity contribution in [1.82, 2.24) is 10.2 Å². The number of amides is 1. The van der Waals surface area contributed by atoms with Crippen LogP contribution in [0.3, 0.4) is 0 Å². The van der Waals surface area contributed by atoms with Gasteiger partial charge in [0, 0.05) is 6.04 Å². The largest absolute Gasteiger partial charge is 0.327 e. The molecule has 4 N–H and O–H groups in total. The Bertz CT molecular complexity index is 525. The molecule has 0 saturated carbocycles. The van der Waals surface area contributed by atoms with Crippen LogP contribution < -0.4 is 15.8 Å². The van der Waals surface area contributed by atoms with E-state index in [-0.39, 0.29) is 28.1 Å². The molecular formula is C8H15N5O3S2. The zero-order valence-corrected chi connectivity index (χ0v) is 11.8. The van der Waals surface area contributed by atoms with Gasteiger partial charge < -0.3 is 11.1 Å². The molecule has 0 saturated heterocycles. The summed E-state index contributed by atoms with van der Waals surface area (Å²) < 4.78 is 24.1. The molecule has 0 aliphatic carbocycles. The fraction of sp³-hybridized carbons (Fsp3) is 0.625. The minimum atomic E-state index is -3.40. The van der Waals surface area contributed by atoms with E-state index in [2.05, 4.69) is 20.2 Å². The summed E-state index contributed by atoms with van der Waals surface area (Å²) in [5.74, 6) is -0.660. The van der Waals surface area contributed by atoms with Crippen LogP contribution in [0.25, 0.3) is 0 Å². The van der Waals surface area contributed by atoms with Crippen molar-refractivity contribution in [3.05, 3.63) is 0 Å². The minimum absolute atomic E-state index is 0.0984. The Kier molecular flexibility index (Phi) is 4.59. The quantitative estimate of drug-likeness (QED) is 0.691. The molecule has 0 aliphatic rings. The zero-order valence-electron chi connectivity index (χ0n) is 10.2. The van der Waals surface area contributed by atoms with Gasteiger partial charge in [-0.1, -0.05) is 18.3 Å². The Morgan fingerprint density at radius 1 is 1.33 bits per heavy atom. The summed E-state index contributed by atoms with van der Waals surface area (Å²) in [6.07, 6.45) is 1.00. The maximum atomic E-state index is 11.7. The van der Waals surface area contributed by atoms with Crippen molar-refractivity contribution < 1.29 is 13.2 Å². The number of nitrogens with two attached hydrogens (primary N) is 1. The standard InChI is InChI=1S/C8H15N5O3S2/c1-4(5(2)9)6(14)10-7-11-12-8(17-7)13-18(3,15)16/h4-5H,9H2,1-3H3,(H,12,13)(H,10,11,14). The van der Waals surface area contributed by atoms with E-state index in [0.717, 1.165) is 17.6 Å². The smallest absolute Gasteiger partial charge is 0.231 e. The minimum Gasteiger partial charge on any atom is -0.327 e. The second kappa shape index (κ2) is 5.59. The first-order chi connectivity index (χ1) is 8.19. The van der Waals surface area contributed by atoms with Crippen LogP contribution in [-0.2, 0) is 14.8 Å². The number of nitrogens with one attached hydrogen (secondary N) is 2. The van der Waals surface area contributed by atoms with Crippen LogP contribution in [0.2, 0.25) is 0 Å². The molecule has 0 bridgehead atoms. The van der Waals surface area contributed by atoms with Crippen LogP contribution in [0.15, 0.2) is 0 Å². The maximum absolute atomic E-state index is 11.7. The molecule has 18 heavy (non-hydrogen) atoms. The van der Waals surface area contributed by atoms with Gasteiger partial charge in [-0.05, 0) is 6.92 Å². The van der Waals surface area contributed by atoms with E-state index in [1.165, 1.54) is 0 Å². The SMILES string of the molecule is CC(N)C(C)C(=O)Nc1nnc(NS(C)(=O)=O)s1. The van der Waals surface area contributed by atoms with Crippen molar-refractivity contribution in [2.45, 2.75) is 19.9 Å². The molecule has 102 valence electrons. The maximum Gasteiger partial charge on any atom is 0.231 e. The molecule has 1 amide bonds. The fourth-order valence-corrected chi connectivity index (χ4v) is 2.41. The molecule has 0 fully saturated rings.